The van der Waals surface area contributed by atoms with Gasteiger partial charge in [-0.1, -0.05) is 0 Å². The van der Waals surface area contributed by atoms with Crippen molar-refractivity contribution in [3.63, 3.8) is 0 Å². The number of aromatic hydroxyl groups is 1. The second-order valence-corrected chi connectivity index (χ2v) is 3.90. The molecule has 0 saturated heterocycles. The Morgan fingerprint density at radius 3 is 2.50 bits per heavy atom. The van der Waals surface area contributed by atoms with Crippen LogP contribution in [0.15, 0.2) is 18.2 Å². The predicted octanol–water partition coefficient (Wildman–Crippen LogP) is 1.88. The summed E-state index contributed by atoms with van der Waals surface area (Å²) in [5.74, 6) is 0.224. The summed E-state index contributed by atoms with van der Waals surface area (Å²) in [5.41, 5.74) is 0.453. The van der Waals surface area contributed by atoms with Crippen molar-refractivity contribution in [2.45, 2.75) is 19.9 Å². The highest BCUT2D eigenvalue weighted by Gasteiger charge is 2.15. The number of benzene rings is 1. The molecule has 1 N–H and O–H groups in total. The molecule has 1 amide bonds. The Kier molecular flexibility index (Phi) is 3.77. The number of phenols is 1. The van der Waals surface area contributed by atoms with E-state index in [9.17, 15) is 9.90 Å². The third-order valence-corrected chi connectivity index (χ3v) is 2.52. The van der Waals surface area contributed by atoms with Crippen molar-refractivity contribution in [2.24, 2.45) is 0 Å². The fraction of sp³-hybridized carbons (Fsp3) is 0.417. The fourth-order valence-corrected chi connectivity index (χ4v) is 1.26. The van der Waals surface area contributed by atoms with Crippen LogP contribution in [-0.2, 0) is 0 Å². The van der Waals surface area contributed by atoms with E-state index in [0.29, 0.717) is 11.3 Å². The smallest absolute Gasteiger partial charge is 0.253 e. The zero-order valence-electron chi connectivity index (χ0n) is 10.0. The van der Waals surface area contributed by atoms with Crippen LogP contribution in [0.4, 0.5) is 0 Å². The predicted molar refractivity (Wildman–Crippen MR) is 61.9 cm³/mol. The SMILES string of the molecule is COc1ccc(C(=O)N(C)C(C)C)cc1O. The van der Waals surface area contributed by atoms with E-state index in [0.717, 1.165) is 0 Å². The molecule has 0 aliphatic rings. The van der Waals surface area contributed by atoms with E-state index in [2.05, 4.69) is 0 Å². The molecule has 1 rings (SSSR count). The first-order valence-electron chi connectivity index (χ1n) is 5.11. The lowest BCUT2D eigenvalue weighted by Crippen LogP contribution is -2.32. The lowest BCUT2D eigenvalue weighted by Gasteiger charge is -2.21. The number of nitrogens with zero attached hydrogens (tertiary/aromatic N) is 1. The topological polar surface area (TPSA) is 49.8 Å². The van der Waals surface area contributed by atoms with E-state index in [1.54, 1.807) is 24.1 Å². The lowest BCUT2D eigenvalue weighted by atomic mass is 10.1. The fourth-order valence-electron chi connectivity index (χ4n) is 1.26. The van der Waals surface area contributed by atoms with E-state index >= 15 is 0 Å². The summed E-state index contributed by atoms with van der Waals surface area (Å²) in [4.78, 5) is 13.5. The van der Waals surface area contributed by atoms with Gasteiger partial charge in [-0.05, 0) is 32.0 Å². The van der Waals surface area contributed by atoms with Gasteiger partial charge in [-0.25, -0.2) is 0 Å². The van der Waals surface area contributed by atoms with Gasteiger partial charge in [0.25, 0.3) is 5.91 Å². The zero-order valence-corrected chi connectivity index (χ0v) is 10.0. The average molecular weight is 223 g/mol. The van der Waals surface area contributed by atoms with Crippen LogP contribution in [-0.4, -0.2) is 36.1 Å². The van der Waals surface area contributed by atoms with Gasteiger partial charge >= 0.3 is 0 Å². The number of ether oxygens (including phenoxy) is 1. The monoisotopic (exact) mass is 223 g/mol. The molecule has 4 nitrogen and oxygen atoms in total. The summed E-state index contributed by atoms with van der Waals surface area (Å²) in [5, 5.41) is 9.56. The van der Waals surface area contributed by atoms with E-state index in [4.69, 9.17) is 4.74 Å². The Morgan fingerprint density at radius 1 is 1.44 bits per heavy atom. The van der Waals surface area contributed by atoms with Crippen LogP contribution in [0.25, 0.3) is 0 Å². The molecular weight excluding hydrogens is 206 g/mol. The van der Waals surface area contributed by atoms with Gasteiger partial charge in [0.15, 0.2) is 11.5 Å². The molecule has 1 aromatic rings. The van der Waals surface area contributed by atoms with Crippen LogP contribution in [0.2, 0.25) is 0 Å². The van der Waals surface area contributed by atoms with Crippen LogP contribution >= 0.6 is 0 Å². The number of carbonyl (C=O) groups is 1. The summed E-state index contributed by atoms with van der Waals surface area (Å²) in [7, 11) is 3.20. The highest BCUT2D eigenvalue weighted by atomic mass is 16.5. The average Bonchev–Trinajstić information content (AvgIpc) is 2.26. The molecule has 4 heteroatoms. The third-order valence-electron chi connectivity index (χ3n) is 2.52. The summed E-state index contributed by atoms with van der Waals surface area (Å²) in [6.07, 6.45) is 0. The standard InChI is InChI=1S/C12H17NO3/c1-8(2)13(3)12(15)9-5-6-11(16-4)10(14)7-9/h5-8,14H,1-4H3. The first-order valence-corrected chi connectivity index (χ1v) is 5.11. The van der Waals surface area contributed by atoms with Gasteiger partial charge in [0.05, 0.1) is 7.11 Å². The maximum atomic E-state index is 11.9. The molecule has 0 spiro atoms. The normalized spacial score (nSPS) is 10.3. The maximum absolute atomic E-state index is 11.9. The van der Waals surface area contributed by atoms with Crippen molar-refractivity contribution in [3.05, 3.63) is 23.8 Å². The van der Waals surface area contributed by atoms with Gasteiger partial charge in [-0.15, -0.1) is 0 Å². The molecule has 1 aromatic carbocycles. The van der Waals surface area contributed by atoms with Gasteiger partial charge < -0.3 is 14.7 Å². The van der Waals surface area contributed by atoms with Crippen LogP contribution < -0.4 is 4.74 Å². The number of amides is 1. The van der Waals surface area contributed by atoms with Crippen molar-refractivity contribution in [1.29, 1.82) is 0 Å². The number of phenolic OH excluding ortho intramolecular Hbond substituents is 1. The molecule has 0 aromatic heterocycles. The van der Waals surface area contributed by atoms with Crippen molar-refractivity contribution in [2.75, 3.05) is 14.2 Å². The summed E-state index contributed by atoms with van der Waals surface area (Å²) < 4.78 is 4.91. The molecule has 0 radical (unpaired) electrons. The molecular formula is C12H17NO3. The van der Waals surface area contributed by atoms with Gasteiger partial charge in [-0.2, -0.15) is 0 Å². The van der Waals surface area contributed by atoms with E-state index < -0.39 is 0 Å². The second-order valence-electron chi connectivity index (χ2n) is 3.90. The molecule has 0 unspecified atom stereocenters. The highest BCUT2D eigenvalue weighted by Crippen LogP contribution is 2.26. The number of methoxy groups -OCH3 is 1. The molecule has 0 atom stereocenters. The van der Waals surface area contributed by atoms with Crippen molar-refractivity contribution in [1.82, 2.24) is 4.90 Å². The Labute approximate surface area is 95.5 Å². The first-order chi connectivity index (χ1) is 7.47. The van der Waals surface area contributed by atoms with Crippen LogP contribution in [0.1, 0.15) is 24.2 Å². The molecule has 0 bridgehead atoms. The van der Waals surface area contributed by atoms with Gasteiger partial charge in [0, 0.05) is 18.7 Å². The first kappa shape index (κ1) is 12.4. The lowest BCUT2D eigenvalue weighted by molar-refractivity contribution is 0.0754. The molecule has 0 aliphatic carbocycles. The van der Waals surface area contributed by atoms with Crippen LogP contribution in [0.3, 0.4) is 0 Å². The van der Waals surface area contributed by atoms with Gasteiger partial charge in [0.2, 0.25) is 0 Å². The minimum Gasteiger partial charge on any atom is -0.504 e. The molecule has 0 heterocycles. The minimum absolute atomic E-state index is 0.0227. The molecule has 0 aliphatic heterocycles. The maximum Gasteiger partial charge on any atom is 0.253 e. The Balaban J connectivity index is 2.97. The van der Waals surface area contributed by atoms with Crippen molar-refractivity contribution >= 4 is 5.91 Å². The Morgan fingerprint density at radius 2 is 2.06 bits per heavy atom. The summed E-state index contributed by atoms with van der Waals surface area (Å²) in [6, 6.07) is 4.76. The van der Waals surface area contributed by atoms with Crippen LogP contribution in [0, 0.1) is 0 Å². The van der Waals surface area contributed by atoms with Crippen molar-refractivity contribution in [3.8, 4) is 11.5 Å². The van der Waals surface area contributed by atoms with Gasteiger partial charge in [-0.3, -0.25) is 4.79 Å². The molecule has 16 heavy (non-hydrogen) atoms. The second kappa shape index (κ2) is 4.88. The third kappa shape index (κ3) is 2.45. The number of hydrogen-bond acceptors (Lipinski definition) is 3. The number of carbonyl (C=O) groups excluding carboxylic acids is 1. The molecule has 88 valence electrons. The Hall–Kier alpha value is -1.71. The number of rotatable bonds is 3. The summed E-state index contributed by atoms with van der Waals surface area (Å²) in [6.45, 7) is 3.86. The van der Waals surface area contributed by atoms with Crippen molar-refractivity contribution < 1.29 is 14.6 Å². The molecule has 0 saturated carbocycles. The highest BCUT2D eigenvalue weighted by molar-refractivity contribution is 5.94. The van der Waals surface area contributed by atoms with E-state index in [1.165, 1.54) is 13.2 Å². The zero-order chi connectivity index (χ0) is 12.3. The Bertz CT molecular complexity index is 388. The summed E-state index contributed by atoms with van der Waals surface area (Å²) >= 11 is 0. The largest absolute Gasteiger partial charge is 0.504 e. The number of hydrogen-bond donors (Lipinski definition) is 1. The van der Waals surface area contributed by atoms with Crippen LogP contribution in [0.5, 0.6) is 11.5 Å². The van der Waals surface area contributed by atoms with E-state index in [1.807, 2.05) is 13.8 Å². The van der Waals surface area contributed by atoms with E-state index in [-0.39, 0.29) is 17.7 Å². The quantitative estimate of drug-likeness (QED) is 0.851. The molecule has 0 fully saturated rings. The van der Waals surface area contributed by atoms with Gasteiger partial charge in [0.1, 0.15) is 0 Å². The minimum atomic E-state index is -0.118.